The number of carbonyl (C=O) groups is 1. The molecular weight excluding hydrogens is 358 g/mol. The van der Waals surface area contributed by atoms with Gasteiger partial charge in [-0.2, -0.15) is 0 Å². The molecule has 1 fully saturated rings. The van der Waals surface area contributed by atoms with Gasteiger partial charge in [0.2, 0.25) is 5.91 Å². The molecule has 1 saturated heterocycles. The molecule has 146 valence electrons. The molecule has 0 atom stereocenters. The molecule has 6 nitrogen and oxygen atoms in total. The molecule has 1 aliphatic rings. The zero-order chi connectivity index (χ0) is 19.2. The molecule has 1 aliphatic heterocycles. The summed E-state index contributed by atoms with van der Waals surface area (Å²) in [6, 6.07) is 8.58. The summed E-state index contributed by atoms with van der Waals surface area (Å²) in [5.74, 6) is 0.0432. The maximum atomic E-state index is 12.4. The number of hydrogen-bond acceptors (Lipinski definition) is 6. The molecule has 1 amide bonds. The Bertz CT molecular complexity index is 708. The number of amides is 1. The van der Waals surface area contributed by atoms with Crippen LogP contribution < -0.4 is 15.1 Å². The molecule has 1 N–H and O–H groups in total. The van der Waals surface area contributed by atoms with Crippen LogP contribution in [0.25, 0.3) is 0 Å². The Labute approximate surface area is 165 Å². The zero-order valence-corrected chi connectivity index (χ0v) is 17.2. The molecule has 0 radical (unpaired) electrons. The Balaban J connectivity index is 1.47. The standard InChI is InChI=1S/C20H29N5OS/c1-4-25(16(2)3)18-7-5-17(6-8-18)22-19(26)15-23-10-12-24(13-11-23)20-21-9-14-27-20/h5-9,14,16H,4,10-13,15H2,1-3H3,(H,22,26). The van der Waals surface area contributed by atoms with Gasteiger partial charge >= 0.3 is 0 Å². The third kappa shape index (κ3) is 5.20. The molecule has 0 unspecified atom stereocenters. The first-order valence-electron chi connectivity index (χ1n) is 9.60. The number of rotatable bonds is 7. The number of carbonyl (C=O) groups excluding carboxylic acids is 1. The highest BCUT2D eigenvalue weighted by molar-refractivity contribution is 7.13. The number of benzene rings is 1. The van der Waals surface area contributed by atoms with E-state index in [9.17, 15) is 4.79 Å². The summed E-state index contributed by atoms with van der Waals surface area (Å²) in [7, 11) is 0. The highest BCUT2D eigenvalue weighted by Gasteiger charge is 2.20. The molecule has 2 aromatic rings. The van der Waals surface area contributed by atoms with E-state index >= 15 is 0 Å². The van der Waals surface area contributed by atoms with Gasteiger partial charge in [0, 0.05) is 61.7 Å². The maximum absolute atomic E-state index is 12.4. The largest absolute Gasteiger partial charge is 0.369 e. The zero-order valence-electron chi connectivity index (χ0n) is 16.4. The van der Waals surface area contributed by atoms with Gasteiger partial charge in [-0.3, -0.25) is 9.69 Å². The monoisotopic (exact) mass is 387 g/mol. The molecule has 0 saturated carbocycles. The smallest absolute Gasteiger partial charge is 0.238 e. The first kappa shape index (κ1) is 19.6. The van der Waals surface area contributed by atoms with Gasteiger partial charge in [0.1, 0.15) is 0 Å². The van der Waals surface area contributed by atoms with Crippen molar-refractivity contribution >= 4 is 33.8 Å². The minimum atomic E-state index is 0.0432. The summed E-state index contributed by atoms with van der Waals surface area (Å²) in [4.78, 5) is 23.6. The summed E-state index contributed by atoms with van der Waals surface area (Å²) < 4.78 is 0. The number of piperazine rings is 1. The van der Waals surface area contributed by atoms with Crippen molar-refractivity contribution < 1.29 is 4.79 Å². The number of anilines is 3. The Morgan fingerprint density at radius 3 is 2.48 bits per heavy atom. The van der Waals surface area contributed by atoms with E-state index in [4.69, 9.17) is 0 Å². The second-order valence-corrected chi connectivity index (χ2v) is 7.93. The summed E-state index contributed by atoms with van der Waals surface area (Å²) in [5, 5.41) is 6.09. The molecule has 7 heteroatoms. The van der Waals surface area contributed by atoms with E-state index in [2.05, 4.69) is 57.9 Å². The topological polar surface area (TPSA) is 51.7 Å². The van der Waals surface area contributed by atoms with Crippen LogP contribution in [0.5, 0.6) is 0 Å². The van der Waals surface area contributed by atoms with Crippen LogP contribution in [0.4, 0.5) is 16.5 Å². The molecule has 3 rings (SSSR count). The summed E-state index contributed by atoms with van der Waals surface area (Å²) in [6.07, 6.45) is 1.84. The lowest BCUT2D eigenvalue weighted by molar-refractivity contribution is -0.117. The number of nitrogens with zero attached hydrogens (tertiary/aromatic N) is 4. The average Bonchev–Trinajstić information content (AvgIpc) is 3.19. The summed E-state index contributed by atoms with van der Waals surface area (Å²) in [6.45, 7) is 11.5. The molecule has 0 spiro atoms. The van der Waals surface area contributed by atoms with Crippen molar-refractivity contribution in [2.45, 2.75) is 26.8 Å². The molecule has 2 heterocycles. The fourth-order valence-corrected chi connectivity index (χ4v) is 4.15. The second-order valence-electron chi connectivity index (χ2n) is 7.05. The van der Waals surface area contributed by atoms with Crippen LogP contribution in [0.15, 0.2) is 35.8 Å². The lowest BCUT2D eigenvalue weighted by atomic mass is 10.2. The van der Waals surface area contributed by atoms with Gasteiger partial charge in [0.25, 0.3) is 0 Å². The first-order chi connectivity index (χ1) is 13.1. The quantitative estimate of drug-likeness (QED) is 0.791. The van der Waals surface area contributed by atoms with Crippen molar-refractivity contribution in [3.05, 3.63) is 35.8 Å². The third-order valence-corrected chi connectivity index (χ3v) is 5.71. The van der Waals surface area contributed by atoms with Crippen molar-refractivity contribution in [2.75, 3.05) is 54.4 Å². The van der Waals surface area contributed by atoms with Gasteiger partial charge in [-0.15, -0.1) is 11.3 Å². The summed E-state index contributed by atoms with van der Waals surface area (Å²) >= 11 is 1.67. The van der Waals surface area contributed by atoms with Crippen LogP contribution in [0.1, 0.15) is 20.8 Å². The highest BCUT2D eigenvalue weighted by Crippen LogP contribution is 2.21. The second kappa shape index (κ2) is 9.19. The van der Waals surface area contributed by atoms with E-state index in [1.54, 1.807) is 11.3 Å². The van der Waals surface area contributed by atoms with Crippen LogP contribution in [0.2, 0.25) is 0 Å². The van der Waals surface area contributed by atoms with Crippen LogP contribution in [0.3, 0.4) is 0 Å². The van der Waals surface area contributed by atoms with Crippen molar-refractivity contribution in [1.82, 2.24) is 9.88 Å². The van der Waals surface area contributed by atoms with Crippen LogP contribution in [0, 0.1) is 0 Å². The molecule has 0 bridgehead atoms. The highest BCUT2D eigenvalue weighted by atomic mass is 32.1. The van der Waals surface area contributed by atoms with Gasteiger partial charge in [-0.1, -0.05) is 0 Å². The van der Waals surface area contributed by atoms with E-state index in [0.717, 1.165) is 43.5 Å². The maximum Gasteiger partial charge on any atom is 0.238 e. The fraction of sp³-hybridized carbons (Fsp3) is 0.500. The lowest BCUT2D eigenvalue weighted by Crippen LogP contribution is -2.48. The van der Waals surface area contributed by atoms with E-state index < -0.39 is 0 Å². The van der Waals surface area contributed by atoms with Gasteiger partial charge in [0.05, 0.1) is 6.54 Å². The van der Waals surface area contributed by atoms with Crippen LogP contribution >= 0.6 is 11.3 Å². The third-order valence-electron chi connectivity index (χ3n) is 4.88. The van der Waals surface area contributed by atoms with E-state index in [-0.39, 0.29) is 5.91 Å². The lowest BCUT2D eigenvalue weighted by Gasteiger charge is -2.34. The molecule has 27 heavy (non-hydrogen) atoms. The number of aromatic nitrogens is 1. The van der Waals surface area contributed by atoms with Gasteiger partial charge in [-0.25, -0.2) is 4.98 Å². The first-order valence-corrected chi connectivity index (χ1v) is 10.5. The molecule has 1 aromatic carbocycles. The fourth-order valence-electron chi connectivity index (χ4n) is 3.46. The number of nitrogens with one attached hydrogen (secondary N) is 1. The van der Waals surface area contributed by atoms with Crippen LogP contribution in [-0.2, 0) is 4.79 Å². The summed E-state index contributed by atoms with van der Waals surface area (Å²) in [5.41, 5.74) is 2.04. The Morgan fingerprint density at radius 1 is 1.22 bits per heavy atom. The molecule has 0 aliphatic carbocycles. The van der Waals surface area contributed by atoms with E-state index in [0.29, 0.717) is 12.6 Å². The van der Waals surface area contributed by atoms with Gasteiger partial charge < -0.3 is 15.1 Å². The normalized spacial score (nSPS) is 15.2. The minimum absolute atomic E-state index is 0.0432. The Hall–Kier alpha value is -2.12. The average molecular weight is 388 g/mol. The minimum Gasteiger partial charge on any atom is -0.369 e. The number of thiazole rings is 1. The SMILES string of the molecule is CCN(c1ccc(NC(=O)CN2CCN(c3nccs3)CC2)cc1)C(C)C. The molecular formula is C20H29N5OS. The van der Waals surface area contributed by atoms with Crippen LogP contribution in [-0.4, -0.2) is 61.1 Å². The predicted molar refractivity (Wildman–Crippen MR) is 114 cm³/mol. The number of hydrogen-bond donors (Lipinski definition) is 1. The molecule has 1 aromatic heterocycles. The van der Waals surface area contributed by atoms with Crippen molar-refractivity contribution in [2.24, 2.45) is 0 Å². The Morgan fingerprint density at radius 2 is 1.93 bits per heavy atom. The van der Waals surface area contributed by atoms with Gasteiger partial charge in [-0.05, 0) is 45.0 Å². The van der Waals surface area contributed by atoms with Crippen molar-refractivity contribution in [3.8, 4) is 0 Å². The van der Waals surface area contributed by atoms with Crippen molar-refractivity contribution in [3.63, 3.8) is 0 Å². The van der Waals surface area contributed by atoms with E-state index in [1.807, 2.05) is 23.7 Å². The van der Waals surface area contributed by atoms with Crippen molar-refractivity contribution in [1.29, 1.82) is 0 Å². The van der Waals surface area contributed by atoms with E-state index in [1.165, 1.54) is 5.69 Å². The Kier molecular flexibility index (Phi) is 6.68. The predicted octanol–water partition coefficient (Wildman–Crippen LogP) is 3.14. The van der Waals surface area contributed by atoms with Gasteiger partial charge in [0.15, 0.2) is 5.13 Å².